The molecule has 5 nitrogen and oxygen atoms in total. The predicted molar refractivity (Wildman–Crippen MR) is 94.0 cm³/mol. The number of guanidine groups is 1. The number of aliphatic imine (C=N–C) groups is 1. The summed E-state index contributed by atoms with van der Waals surface area (Å²) in [5, 5.41) is 6.69. The van der Waals surface area contributed by atoms with Crippen molar-refractivity contribution in [2.24, 2.45) is 10.4 Å². The Morgan fingerprint density at radius 3 is 2.45 bits per heavy atom. The third-order valence-electron chi connectivity index (χ3n) is 3.99. The number of nitrogens with one attached hydrogen (secondary N) is 2. The van der Waals surface area contributed by atoms with Gasteiger partial charge < -0.3 is 20.1 Å². The molecule has 1 rings (SSSR count). The van der Waals surface area contributed by atoms with Crippen LogP contribution in [0.3, 0.4) is 0 Å². The van der Waals surface area contributed by atoms with E-state index in [1.54, 1.807) is 14.2 Å². The van der Waals surface area contributed by atoms with E-state index in [2.05, 4.69) is 22.5 Å². The highest BCUT2D eigenvalue weighted by Crippen LogP contribution is 2.42. The van der Waals surface area contributed by atoms with Crippen LogP contribution in [-0.2, 0) is 9.47 Å². The molecule has 0 amide bonds. The molecule has 120 valence electrons. The summed E-state index contributed by atoms with van der Waals surface area (Å²) in [6, 6.07) is 0. The van der Waals surface area contributed by atoms with E-state index >= 15 is 0 Å². The summed E-state index contributed by atoms with van der Waals surface area (Å²) < 4.78 is 10.3. The summed E-state index contributed by atoms with van der Waals surface area (Å²) >= 11 is 0. The summed E-state index contributed by atoms with van der Waals surface area (Å²) in [5.41, 5.74) is 0.507. The Hall–Kier alpha value is -0.0800. The maximum absolute atomic E-state index is 5.40. The molecule has 0 atom stereocenters. The highest BCUT2D eigenvalue weighted by molar-refractivity contribution is 14.0. The monoisotopic (exact) mass is 399 g/mol. The first-order valence-corrected chi connectivity index (χ1v) is 7.27. The highest BCUT2D eigenvalue weighted by Gasteiger charge is 2.34. The number of hydrogen-bond donors (Lipinski definition) is 2. The summed E-state index contributed by atoms with van der Waals surface area (Å²) in [6.07, 6.45) is 5.30. The van der Waals surface area contributed by atoms with E-state index in [1.807, 2.05) is 0 Å². The molecule has 0 aliphatic heterocycles. The molecule has 0 unspecified atom stereocenters. The third-order valence-corrected chi connectivity index (χ3v) is 3.99. The fourth-order valence-corrected chi connectivity index (χ4v) is 2.31. The van der Waals surface area contributed by atoms with Gasteiger partial charge in [0.25, 0.3) is 0 Å². The van der Waals surface area contributed by atoms with Crippen LogP contribution < -0.4 is 10.6 Å². The first-order chi connectivity index (χ1) is 9.26. The first-order valence-electron chi connectivity index (χ1n) is 7.27. The molecule has 0 aromatic heterocycles. The normalized spacial score (nSPS) is 17.1. The molecule has 1 saturated carbocycles. The second kappa shape index (κ2) is 11.6. The van der Waals surface area contributed by atoms with E-state index in [1.165, 1.54) is 25.7 Å². The van der Waals surface area contributed by atoms with Gasteiger partial charge in [0, 0.05) is 27.2 Å². The Morgan fingerprint density at radius 2 is 1.95 bits per heavy atom. The van der Waals surface area contributed by atoms with E-state index in [-0.39, 0.29) is 24.0 Å². The Morgan fingerprint density at radius 1 is 1.20 bits per heavy atom. The minimum absolute atomic E-state index is 0. The zero-order valence-corrected chi connectivity index (χ0v) is 15.4. The van der Waals surface area contributed by atoms with Crippen molar-refractivity contribution in [1.29, 1.82) is 0 Å². The molecule has 1 aliphatic carbocycles. The van der Waals surface area contributed by atoms with E-state index in [0.717, 1.165) is 19.0 Å². The van der Waals surface area contributed by atoms with Gasteiger partial charge in [-0.2, -0.15) is 0 Å². The van der Waals surface area contributed by atoms with Crippen LogP contribution in [0.5, 0.6) is 0 Å². The molecule has 2 N–H and O–H groups in total. The smallest absolute Gasteiger partial charge is 0.191 e. The van der Waals surface area contributed by atoms with Gasteiger partial charge in [-0.25, -0.2) is 0 Å². The van der Waals surface area contributed by atoms with Crippen LogP contribution in [0.4, 0.5) is 0 Å². The zero-order valence-electron chi connectivity index (χ0n) is 13.0. The minimum Gasteiger partial charge on any atom is -0.382 e. The Bertz CT molecular complexity index is 266. The lowest BCUT2D eigenvalue weighted by Gasteiger charge is -2.41. The van der Waals surface area contributed by atoms with Crippen LogP contribution in [-0.4, -0.2) is 53.0 Å². The molecule has 20 heavy (non-hydrogen) atoms. The van der Waals surface area contributed by atoms with Crippen molar-refractivity contribution in [3.05, 3.63) is 0 Å². The Labute approximate surface area is 140 Å². The molecule has 1 fully saturated rings. The molecular formula is C14H30IN3O2. The second-order valence-electron chi connectivity index (χ2n) is 5.16. The van der Waals surface area contributed by atoms with Crippen molar-refractivity contribution in [3.8, 4) is 0 Å². The largest absolute Gasteiger partial charge is 0.382 e. The average molecular weight is 399 g/mol. The van der Waals surface area contributed by atoms with Crippen molar-refractivity contribution in [1.82, 2.24) is 10.6 Å². The van der Waals surface area contributed by atoms with Crippen LogP contribution in [0.1, 0.15) is 32.6 Å². The lowest BCUT2D eigenvalue weighted by Crippen LogP contribution is -2.46. The van der Waals surface area contributed by atoms with Gasteiger partial charge in [-0.3, -0.25) is 4.99 Å². The van der Waals surface area contributed by atoms with E-state index < -0.39 is 0 Å². The number of methoxy groups -OCH3 is 1. The molecule has 0 radical (unpaired) electrons. The van der Waals surface area contributed by atoms with Gasteiger partial charge in [0.05, 0.1) is 19.8 Å². The van der Waals surface area contributed by atoms with Gasteiger partial charge in [-0.05, 0) is 24.7 Å². The van der Waals surface area contributed by atoms with Crippen molar-refractivity contribution in [2.45, 2.75) is 32.6 Å². The fourth-order valence-electron chi connectivity index (χ4n) is 2.31. The van der Waals surface area contributed by atoms with Crippen LogP contribution in [0.15, 0.2) is 4.99 Å². The molecule has 1 aliphatic rings. The lowest BCUT2D eigenvalue weighted by molar-refractivity contribution is 0.0732. The topological polar surface area (TPSA) is 54.9 Å². The molecular weight excluding hydrogens is 369 g/mol. The van der Waals surface area contributed by atoms with Crippen molar-refractivity contribution >= 4 is 29.9 Å². The SMILES string of the molecule is CCC1(CNC(=NC)NCCOCCOC)CCC1.I. The summed E-state index contributed by atoms with van der Waals surface area (Å²) in [4.78, 5) is 4.23. The Balaban J connectivity index is 0.00000361. The van der Waals surface area contributed by atoms with Crippen molar-refractivity contribution < 1.29 is 9.47 Å². The van der Waals surface area contributed by atoms with E-state index in [0.29, 0.717) is 25.2 Å². The minimum atomic E-state index is 0. The van der Waals surface area contributed by atoms with Gasteiger partial charge in [-0.1, -0.05) is 13.3 Å². The van der Waals surface area contributed by atoms with Gasteiger partial charge in [0.15, 0.2) is 5.96 Å². The van der Waals surface area contributed by atoms with Crippen molar-refractivity contribution in [2.75, 3.05) is 47.1 Å². The molecule has 0 spiro atoms. The Kier molecular flexibility index (Phi) is 11.5. The second-order valence-corrected chi connectivity index (χ2v) is 5.16. The molecule has 6 heteroatoms. The molecule has 0 aromatic rings. The number of rotatable bonds is 9. The molecule has 0 saturated heterocycles. The maximum Gasteiger partial charge on any atom is 0.191 e. The fraction of sp³-hybridized carbons (Fsp3) is 0.929. The third kappa shape index (κ3) is 7.08. The number of hydrogen-bond acceptors (Lipinski definition) is 3. The first kappa shape index (κ1) is 19.9. The van der Waals surface area contributed by atoms with Gasteiger partial charge in [0.1, 0.15) is 0 Å². The standard InChI is InChI=1S/C14H29N3O2.HI/c1-4-14(6-5-7-14)12-17-13(15-2)16-8-9-19-11-10-18-3;/h4-12H2,1-3H3,(H2,15,16,17);1H. The maximum atomic E-state index is 5.40. The van der Waals surface area contributed by atoms with E-state index in [9.17, 15) is 0 Å². The van der Waals surface area contributed by atoms with Crippen LogP contribution in [0.2, 0.25) is 0 Å². The van der Waals surface area contributed by atoms with Crippen LogP contribution in [0.25, 0.3) is 0 Å². The zero-order chi connectivity index (χ0) is 14.0. The van der Waals surface area contributed by atoms with Gasteiger partial charge in [-0.15, -0.1) is 24.0 Å². The summed E-state index contributed by atoms with van der Waals surface area (Å²) in [5.74, 6) is 0.870. The number of ether oxygens (including phenoxy) is 2. The van der Waals surface area contributed by atoms with Gasteiger partial charge in [0.2, 0.25) is 0 Å². The average Bonchev–Trinajstić information content (AvgIpc) is 2.39. The highest BCUT2D eigenvalue weighted by atomic mass is 127. The summed E-state index contributed by atoms with van der Waals surface area (Å²) in [7, 11) is 3.48. The lowest BCUT2D eigenvalue weighted by atomic mass is 9.67. The number of nitrogens with zero attached hydrogens (tertiary/aromatic N) is 1. The summed E-state index contributed by atoms with van der Waals surface area (Å²) in [6.45, 7) is 6.02. The quantitative estimate of drug-likeness (QED) is 0.270. The van der Waals surface area contributed by atoms with Crippen LogP contribution in [0, 0.1) is 5.41 Å². The van der Waals surface area contributed by atoms with E-state index in [4.69, 9.17) is 9.47 Å². The molecule has 0 aromatic carbocycles. The van der Waals surface area contributed by atoms with Crippen molar-refractivity contribution in [3.63, 3.8) is 0 Å². The van der Waals surface area contributed by atoms with Gasteiger partial charge >= 0.3 is 0 Å². The predicted octanol–water partition coefficient (Wildman–Crippen LogP) is 2.01. The molecule has 0 heterocycles. The van der Waals surface area contributed by atoms with Crippen LogP contribution >= 0.6 is 24.0 Å². The molecule has 0 bridgehead atoms. The number of halogens is 1.